The minimum atomic E-state index is -0.520. The molecule has 0 radical (unpaired) electrons. The molecule has 26 heavy (non-hydrogen) atoms. The molecule has 1 aromatic heterocycles. The Bertz CT molecular complexity index is 590. The zero-order valence-electron chi connectivity index (χ0n) is 17.5. The summed E-state index contributed by atoms with van der Waals surface area (Å²) in [4.78, 5) is 21.4. The minimum Gasteiger partial charge on any atom is -0.443 e. The number of carbonyl (C=O) groups excluding carboxylic acids is 1. The number of hydrogen-bond acceptors (Lipinski definition) is 4. The van der Waals surface area contributed by atoms with Crippen molar-refractivity contribution in [3.63, 3.8) is 0 Å². The van der Waals surface area contributed by atoms with Gasteiger partial charge in [0.2, 0.25) is 0 Å². The molecule has 0 bridgehead atoms. The number of ether oxygens (including phenoxy) is 1. The van der Waals surface area contributed by atoms with Crippen LogP contribution in [0.5, 0.6) is 0 Å². The van der Waals surface area contributed by atoms with E-state index in [2.05, 4.69) is 43.6 Å². The van der Waals surface area contributed by atoms with E-state index in [0.717, 1.165) is 6.54 Å². The van der Waals surface area contributed by atoms with Gasteiger partial charge in [0.15, 0.2) is 0 Å². The van der Waals surface area contributed by atoms with Crippen molar-refractivity contribution in [3.05, 3.63) is 23.9 Å². The van der Waals surface area contributed by atoms with Crippen LogP contribution in [0, 0.1) is 5.92 Å². The molecule has 2 heterocycles. The van der Waals surface area contributed by atoms with E-state index in [-0.39, 0.29) is 6.09 Å². The third kappa shape index (κ3) is 5.44. The number of likely N-dealkylation sites (tertiary alicyclic amines) is 1. The lowest BCUT2D eigenvalue weighted by Gasteiger charge is -2.30. The maximum Gasteiger partial charge on any atom is 0.416 e. The van der Waals surface area contributed by atoms with Gasteiger partial charge in [-0.2, -0.15) is 0 Å². The van der Waals surface area contributed by atoms with E-state index in [1.165, 1.54) is 18.4 Å². The molecule has 1 atom stereocenters. The van der Waals surface area contributed by atoms with Crippen LogP contribution < -0.4 is 4.90 Å². The standard InChI is InChI=1S/C21H35N3O2/c1-15(2)14-24(20(25)26-21(5,6)7)19-11-10-17(13-22-19)18-9-8-12-23(18)16(3)4/h10-11,13,15-16,18H,8-9,12,14H2,1-7H3/t18-/m1/s1. The highest BCUT2D eigenvalue weighted by Crippen LogP contribution is 2.33. The van der Waals surface area contributed by atoms with E-state index >= 15 is 0 Å². The van der Waals surface area contributed by atoms with Crippen molar-refractivity contribution in [2.75, 3.05) is 18.0 Å². The highest BCUT2D eigenvalue weighted by molar-refractivity contribution is 5.86. The summed E-state index contributed by atoms with van der Waals surface area (Å²) >= 11 is 0. The second kappa shape index (κ2) is 8.38. The molecule has 1 aromatic rings. The van der Waals surface area contributed by atoms with E-state index in [1.54, 1.807) is 4.90 Å². The van der Waals surface area contributed by atoms with Crippen LogP contribution in [-0.4, -0.2) is 40.7 Å². The van der Waals surface area contributed by atoms with Gasteiger partial charge >= 0.3 is 6.09 Å². The molecule has 0 spiro atoms. The summed E-state index contributed by atoms with van der Waals surface area (Å²) < 4.78 is 5.57. The molecule has 0 aromatic carbocycles. The van der Waals surface area contributed by atoms with Gasteiger partial charge in [-0.15, -0.1) is 0 Å². The Labute approximate surface area is 158 Å². The Morgan fingerprint density at radius 2 is 2.00 bits per heavy atom. The number of anilines is 1. The van der Waals surface area contributed by atoms with Gasteiger partial charge < -0.3 is 4.74 Å². The van der Waals surface area contributed by atoms with Gasteiger partial charge in [-0.05, 0) is 71.6 Å². The maximum absolute atomic E-state index is 12.6. The third-order valence-corrected chi connectivity index (χ3v) is 4.55. The zero-order valence-corrected chi connectivity index (χ0v) is 17.5. The Kier molecular flexibility index (Phi) is 6.67. The third-order valence-electron chi connectivity index (χ3n) is 4.55. The number of aromatic nitrogens is 1. The molecule has 1 amide bonds. The van der Waals surface area contributed by atoms with E-state index in [1.807, 2.05) is 33.0 Å². The first-order valence-electron chi connectivity index (χ1n) is 9.80. The Morgan fingerprint density at radius 3 is 2.50 bits per heavy atom. The molecule has 0 N–H and O–H groups in total. The number of nitrogens with zero attached hydrogens (tertiary/aromatic N) is 3. The second-order valence-corrected chi connectivity index (χ2v) is 8.92. The number of pyridine rings is 1. The SMILES string of the molecule is CC(C)CN(C(=O)OC(C)(C)C)c1ccc([C@H]2CCCN2C(C)C)cn1. The van der Waals surface area contributed by atoms with Gasteiger partial charge in [-0.25, -0.2) is 9.78 Å². The normalized spacial score (nSPS) is 18.6. The molecule has 1 fully saturated rings. The summed E-state index contributed by atoms with van der Waals surface area (Å²) in [5.41, 5.74) is 0.710. The quantitative estimate of drug-likeness (QED) is 0.738. The highest BCUT2D eigenvalue weighted by Gasteiger charge is 2.29. The molecule has 1 aliphatic heterocycles. The van der Waals surface area contributed by atoms with Gasteiger partial charge in [0.25, 0.3) is 0 Å². The molecule has 0 aliphatic carbocycles. The lowest BCUT2D eigenvalue weighted by atomic mass is 10.1. The van der Waals surface area contributed by atoms with Crippen LogP contribution in [0.3, 0.4) is 0 Å². The van der Waals surface area contributed by atoms with Crippen molar-refractivity contribution in [2.24, 2.45) is 5.92 Å². The molecule has 1 saturated heterocycles. The first kappa shape index (κ1) is 20.7. The number of amides is 1. The van der Waals surface area contributed by atoms with Gasteiger partial charge in [0, 0.05) is 24.8 Å². The smallest absolute Gasteiger partial charge is 0.416 e. The van der Waals surface area contributed by atoms with Crippen LogP contribution in [0.4, 0.5) is 10.6 Å². The van der Waals surface area contributed by atoms with Gasteiger partial charge in [0.05, 0.1) is 0 Å². The van der Waals surface area contributed by atoms with Gasteiger partial charge in [0.1, 0.15) is 11.4 Å². The lowest BCUT2D eigenvalue weighted by Crippen LogP contribution is -2.39. The van der Waals surface area contributed by atoms with E-state index in [4.69, 9.17) is 4.74 Å². The van der Waals surface area contributed by atoms with Crippen LogP contribution in [0.15, 0.2) is 18.3 Å². The summed E-state index contributed by atoms with van der Waals surface area (Å²) in [6.45, 7) is 16.0. The fourth-order valence-electron chi connectivity index (χ4n) is 3.46. The fourth-order valence-corrected chi connectivity index (χ4v) is 3.46. The number of hydrogen-bond donors (Lipinski definition) is 0. The van der Waals surface area contributed by atoms with Crippen molar-refractivity contribution < 1.29 is 9.53 Å². The van der Waals surface area contributed by atoms with Crippen molar-refractivity contribution in [1.29, 1.82) is 0 Å². The predicted octanol–water partition coefficient (Wildman–Crippen LogP) is 5.02. The first-order valence-corrected chi connectivity index (χ1v) is 9.80. The molecule has 5 nitrogen and oxygen atoms in total. The van der Waals surface area contributed by atoms with Crippen LogP contribution >= 0.6 is 0 Å². The van der Waals surface area contributed by atoms with Gasteiger partial charge in [-0.3, -0.25) is 9.80 Å². The summed E-state index contributed by atoms with van der Waals surface area (Å²) in [5, 5.41) is 0. The molecular weight excluding hydrogens is 326 g/mol. The average molecular weight is 362 g/mol. The molecule has 0 unspecified atom stereocenters. The molecule has 146 valence electrons. The largest absolute Gasteiger partial charge is 0.443 e. The Morgan fingerprint density at radius 1 is 1.31 bits per heavy atom. The van der Waals surface area contributed by atoms with E-state index in [0.29, 0.717) is 30.4 Å². The van der Waals surface area contributed by atoms with Crippen LogP contribution in [0.2, 0.25) is 0 Å². The van der Waals surface area contributed by atoms with Crippen molar-refractivity contribution >= 4 is 11.9 Å². The van der Waals surface area contributed by atoms with Crippen LogP contribution in [0.1, 0.15) is 72.9 Å². The van der Waals surface area contributed by atoms with E-state index in [9.17, 15) is 4.79 Å². The molecule has 2 rings (SSSR count). The van der Waals surface area contributed by atoms with Crippen LogP contribution in [0.25, 0.3) is 0 Å². The van der Waals surface area contributed by atoms with E-state index < -0.39 is 5.60 Å². The summed E-state index contributed by atoms with van der Waals surface area (Å²) in [6.07, 6.45) is 3.98. The Balaban J connectivity index is 2.20. The topological polar surface area (TPSA) is 45.7 Å². The zero-order chi connectivity index (χ0) is 19.5. The second-order valence-electron chi connectivity index (χ2n) is 8.92. The number of rotatable bonds is 5. The van der Waals surface area contributed by atoms with Crippen molar-refractivity contribution in [1.82, 2.24) is 9.88 Å². The fraction of sp³-hybridized carbons (Fsp3) is 0.714. The summed E-state index contributed by atoms with van der Waals surface area (Å²) in [7, 11) is 0. The molecule has 0 saturated carbocycles. The highest BCUT2D eigenvalue weighted by atomic mass is 16.6. The first-order chi connectivity index (χ1) is 12.1. The molecule has 1 aliphatic rings. The van der Waals surface area contributed by atoms with Gasteiger partial charge in [-0.1, -0.05) is 19.9 Å². The van der Waals surface area contributed by atoms with Crippen molar-refractivity contribution in [3.8, 4) is 0 Å². The monoisotopic (exact) mass is 361 g/mol. The molecule has 5 heteroatoms. The molecular formula is C21H35N3O2. The summed E-state index contributed by atoms with van der Waals surface area (Å²) in [5.74, 6) is 0.987. The predicted molar refractivity (Wildman–Crippen MR) is 106 cm³/mol. The summed E-state index contributed by atoms with van der Waals surface area (Å²) in [6, 6.07) is 5.03. The van der Waals surface area contributed by atoms with Crippen LogP contribution in [-0.2, 0) is 4.74 Å². The lowest BCUT2D eigenvalue weighted by molar-refractivity contribution is 0.0575. The Hall–Kier alpha value is -1.62. The van der Waals surface area contributed by atoms with Crippen molar-refractivity contribution in [2.45, 2.75) is 79.0 Å². The average Bonchev–Trinajstić information content (AvgIpc) is 3.00. The minimum absolute atomic E-state index is 0.329. The maximum atomic E-state index is 12.6. The number of carbonyl (C=O) groups is 1.